The molecule has 0 aliphatic rings. The molecule has 0 aliphatic heterocycles. The number of Topliss-reactive ketones (excluding diaryl/α,β-unsaturated/α-hetero) is 1. The number of benzene rings is 1. The molecule has 0 unspecified atom stereocenters. The molecule has 0 atom stereocenters. The third-order valence-corrected chi connectivity index (χ3v) is 2.61. The second-order valence-electron chi connectivity index (χ2n) is 4.12. The molecular weight excluding hydrogens is 216 g/mol. The monoisotopic (exact) mass is 236 g/mol. The van der Waals surface area contributed by atoms with Gasteiger partial charge in [0.25, 0.3) is 0 Å². The van der Waals surface area contributed by atoms with E-state index in [0.717, 1.165) is 12.8 Å². The molecule has 3 heteroatoms. The maximum Gasteiger partial charge on any atom is 0.167 e. The van der Waals surface area contributed by atoms with Crippen LogP contribution in [0.2, 0.25) is 0 Å². The fourth-order valence-electron chi connectivity index (χ4n) is 1.70. The van der Waals surface area contributed by atoms with E-state index in [0.29, 0.717) is 12.4 Å². The first kappa shape index (κ1) is 13.6. The Hall–Kier alpha value is -1.51. The lowest BCUT2D eigenvalue weighted by Gasteiger charge is -2.10. The van der Waals surface area contributed by atoms with Gasteiger partial charge in [-0.1, -0.05) is 32.3 Å². The third-order valence-electron chi connectivity index (χ3n) is 2.61. The summed E-state index contributed by atoms with van der Waals surface area (Å²) >= 11 is 0. The summed E-state index contributed by atoms with van der Waals surface area (Å²) in [7, 11) is 0. The first-order chi connectivity index (χ1) is 8.16. The van der Waals surface area contributed by atoms with Crippen molar-refractivity contribution in [3.63, 3.8) is 0 Å². The van der Waals surface area contributed by atoms with Crippen molar-refractivity contribution >= 4 is 5.78 Å². The Balaban J connectivity index is 2.58. The predicted octanol–water partition coefficient (Wildman–Crippen LogP) is 3.55. The topological polar surface area (TPSA) is 46.5 Å². The lowest BCUT2D eigenvalue weighted by molar-refractivity contribution is 0.101. The van der Waals surface area contributed by atoms with Gasteiger partial charge in [-0.05, 0) is 25.5 Å². The molecule has 94 valence electrons. The van der Waals surface area contributed by atoms with Crippen LogP contribution in [0, 0.1) is 0 Å². The second-order valence-corrected chi connectivity index (χ2v) is 4.12. The van der Waals surface area contributed by atoms with Crippen molar-refractivity contribution in [2.45, 2.75) is 39.5 Å². The zero-order valence-electron chi connectivity index (χ0n) is 10.5. The smallest absolute Gasteiger partial charge is 0.167 e. The number of phenolic OH excluding ortho intramolecular Hbond substituents is 1. The van der Waals surface area contributed by atoms with Crippen LogP contribution in [0.3, 0.4) is 0 Å². The van der Waals surface area contributed by atoms with Crippen LogP contribution in [0.1, 0.15) is 49.9 Å². The molecule has 0 fully saturated rings. The van der Waals surface area contributed by atoms with Crippen molar-refractivity contribution in [2.24, 2.45) is 0 Å². The van der Waals surface area contributed by atoms with Crippen molar-refractivity contribution in [3.8, 4) is 11.5 Å². The van der Waals surface area contributed by atoms with Crippen LogP contribution in [-0.4, -0.2) is 17.5 Å². The number of rotatable bonds is 7. The largest absolute Gasteiger partial charge is 0.507 e. The fraction of sp³-hybridized carbons (Fsp3) is 0.500. The molecule has 0 saturated heterocycles. The van der Waals surface area contributed by atoms with Crippen molar-refractivity contribution < 1.29 is 14.6 Å². The summed E-state index contributed by atoms with van der Waals surface area (Å²) in [5, 5.41) is 9.60. The summed E-state index contributed by atoms with van der Waals surface area (Å²) in [5.74, 6) is 0.296. The first-order valence-electron chi connectivity index (χ1n) is 6.12. The molecule has 1 aromatic carbocycles. The summed E-state index contributed by atoms with van der Waals surface area (Å²) in [4.78, 5) is 11.4. The van der Waals surface area contributed by atoms with Crippen LogP contribution in [0.15, 0.2) is 18.2 Å². The quantitative estimate of drug-likeness (QED) is 0.581. The number of unbranched alkanes of at least 4 members (excludes halogenated alkanes) is 3. The molecule has 0 aliphatic carbocycles. The molecule has 0 radical (unpaired) electrons. The Labute approximate surface area is 102 Å². The number of phenols is 1. The van der Waals surface area contributed by atoms with Crippen molar-refractivity contribution in [1.82, 2.24) is 0 Å². The molecule has 3 nitrogen and oxygen atoms in total. The van der Waals surface area contributed by atoms with Crippen molar-refractivity contribution in [1.29, 1.82) is 0 Å². The van der Waals surface area contributed by atoms with Crippen molar-refractivity contribution in [2.75, 3.05) is 6.61 Å². The normalized spacial score (nSPS) is 10.2. The Bertz CT molecular complexity index is 372. The van der Waals surface area contributed by atoms with E-state index in [1.54, 1.807) is 12.1 Å². The first-order valence-corrected chi connectivity index (χ1v) is 6.12. The minimum atomic E-state index is -0.174. The van der Waals surface area contributed by atoms with E-state index in [1.807, 2.05) is 0 Å². The minimum Gasteiger partial charge on any atom is -0.507 e. The Morgan fingerprint density at radius 3 is 2.71 bits per heavy atom. The molecular formula is C14H20O3. The SMILES string of the molecule is CCCCCCOc1cccc(O)c1C(C)=O. The van der Waals surface area contributed by atoms with Crippen LogP contribution < -0.4 is 4.74 Å². The highest BCUT2D eigenvalue weighted by Gasteiger charge is 2.13. The molecule has 0 aromatic heterocycles. The molecule has 0 amide bonds. The van der Waals surface area contributed by atoms with Gasteiger partial charge in [0.15, 0.2) is 5.78 Å². The van der Waals surface area contributed by atoms with Gasteiger partial charge in [-0.15, -0.1) is 0 Å². The van der Waals surface area contributed by atoms with Gasteiger partial charge < -0.3 is 9.84 Å². The molecule has 0 spiro atoms. The fourth-order valence-corrected chi connectivity index (χ4v) is 1.70. The predicted molar refractivity (Wildman–Crippen MR) is 67.7 cm³/mol. The number of hydrogen-bond donors (Lipinski definition) is 1. The summed E-state index contributed by atoms with van der Waals surface area (Å²) in [5.41, 5.74) is 0.281. The highest BCUT2D eigenvalue weighted by atomic mass is 16.5. The second kappa shape index (κ2) is 6.94. The molecule has 17 heavy (non-hydrogen) atoms. The average molecular weight is 236 g/mol. The Morgan fingerprint density at radius 2 is 2.06 bits per heavy atom. The van der Waals surface area contributed by atoms with Gasteiger partial charge in [-0.3, -0.25) is 4.79 Å². The summed E-state index contributed by atoms with van der Waals surface area (Å²) in [6.45, 7) is 4.17. The van der Waals surface area contributed by atoms with Gasteiger partial charge in [0, 0.05) is 0 Å². The molecule has 0 bridgehead atoms. The summed E-state index contributed by atoms with van der Waals surface area (Å²) in [6.07, 6.45) is 4.49. The van der Waals surface area contributed by atoms with E-state index in [9.17, 15) is 9.90 Å². The number of aromatic hydroxyl groups is 1. The van der Waals surface area contributed by atoms with Crippen LogP contribution in [0.5, 0.6) is 11.5 Å². The lowest BCUT2D eigenvalue weighted by atomic mass is 10.1. The average Bonchev–Trinajstić information content (AvgIpc) is 2.28. The van der Waals surface area contributed by atoms with Crippen LogP contribution >= 0.6 is 0 Å². The van der Waals surface area contributed by atoms with Crippen LogP contribution in [0.25, 0.3) is 0 Å². The maximum atomic E-state index is 11.4. The van der Waals surface area contributed by atoms with E-state index >= 15 is 0 Å². The molecule has 1 rings (SSSR count). The maximum absolute atomic E-state index is 11.4. The number of ketones is 1. The number of ether oxygens (including phenoxy) is 1. The molecule has 0 saturated carbocycles. The Morgan fingerprint density at radius 1 is 1.29 bits per heavy atom. The van der Waals surface area contributed by atoms with Gasteiger partial charge in [-0.25, -0.2) is 0 Å². The zero-order chi connectivity index (χ0) is 12.7. The number of hydrogen-bond acceptors (Lipinski definition) is 3. The van der Waals surface area contributed by atoms with Gasteiger partial charge in [0.2, 0.25) is 0 Å². The van der Waals surface area contributed by atoms with Gasteiger partial charge >= 0.3 is 0 Å². The van der Waals surface area contributed by atoms with Crippen LogP contribution in [-0.2, 0) is 0 Å². The summed E-state index contributed by atoms with van der Waals surface area (Å²) < 4.78 is 5.55. The van der Waals surface area contributed by atoms with E-state index in [1.165, 1.54) is 25.8 Å². The molecule has 1 aromatic rings. The van der Waals surface area contributed by atoms with E-state index in [2.05, 4.69) is 6.92 Å². The molecule has 1 N–H and O–H groups in total. The standard InChI is InChI=1S/C14H20O3/c1-3-4-5-6-10-17-13-9-7-8-12(16)14(13)11(2)15/h7-9,16H,3-6,10H2,1-2H3. The van der Waals surface area contributed by atoms with E-state index < -0.39 is 0 Å². The zero-order valence-corrected chi connectivity index (χ0v) is 10.5. The number of carbonyl (C=O) groups excluding carboxylic acids is 1. The van der Waals surface area contributed by atoms with E-state index in [4.69, 9.17) is 4.74 Å². The number of carbonyl (C=O) groups is 1. The highest BCUT2D eigenvalue weighted by Crippen LogP contribution is 2.27. The van der Waals surface area contributed by atoms with Gasteiger partial charge in [0.1, 0.15) is 17.1 Å². The minimum absolute atomic E-state index is 0.0106. The molecule has 0 heterocycles. The van der Waals surface area contributed by atoms with Gasteiger partial charge in [0.05, 0.1) is 6.61 Å². The highest BCUT2D eigenvalue weighted by molar-refractivity contribution is 5.99. The van der Waals surface area contributed by atoms with Gasteiger partial charge in [-0.2, -0.15) is 0 Å². The summed E-state index contributed by atoms with van der Waals surface area (Å²) in [6, 6.07) is 4.90. The van der Waals surface area contributed by atoms with Crippen molar-refractivity contribution in [3.05, 3.63) is 23.8 Å². The van der Waals surface area contributed by atoms with Crippen LogP contribution in [0.4, 0.5) is 0 Å². The lowest BCUT2D eigenvalue weighted by Crippen LogP contribution is -2.03. The third kappa shape index (κ3) is 4.10. The van der Waals surface area contributed by atoms with E-state index in [-0.39, 0.29) is 17.1 Å². The Kier molecular flexibility index (Phi) is 5.53.